The Morgan fingerprint density at radius 2 is 1.96 bits per heavy atom. The number of aliphatic carboxylic acids is 1. The molecule has 0 aromatic carbocycles. The zero-order chi connectivity index (χ0) is 20.4. The molecule has 1 fully saturated rings. The van der Waals surface area contributed by atoms with Crippen LogP contribution in [0.1, 0.15) is 65.7 Å². The van der Waals surface area contributed by atoms with Gasteiger partial charge in [-0.25, -0.2) is 0 Å². The van der Waals surface area contributed by atoms with Gasteiger partial charge >= 0.3 is 5.97 Å². The molecule has 0 radical (unpaired) electrons. The fourth-order valence-electron chi connectivity index (χ4n) is 3.49. The number of ketones is 1. The summed E-state index contributed by atoms with van der Waals surface area (Å²) < 4.78 is 0. The quantitative estimate of drug-likeness (QED) is 0.448. The molecule has 27 heavy (non-hydrogen) atoms. The summed E-state index contributed by atoms with van der Waals surface area (Å²) in [4.78, 5) is 23.0. The van der Waals surface area contributed by atoms with Crippen molar-refractivity contribution in [3.63, 3.8) is 0 Å². The van der Waals surface area contributed by atoms with Gasteiger partial charge in [-0.1, -0.05) is 57.9 Å². The minimum absolute atomic E-state index is 0.0502. The van der Waals surface area contributed by atoms with Crippen molar-refractivity contribution < 1.29 is 24.9 Å². The van der Waals surface area contributed by atoms with Crippen molar-refractivity contribution >= 4 is 11.8 Å². The van der Waals surface area contributed by atoms with E-state index in [0.717, 1.165) is 19.3 Å². The lowest BCUT2D eigenvalue weighted by Crippen LogP contribution is -2.20. The second-order valence-electron chi connectivity index (χ2n) is 7.94. The Balaban J connectivity index is 2.57. The maximum absolute atomic E-state index is 12.2. The zero-order valence-electron chi connectivity index (χ0n) is 16.9. The first-order chi connectivity index (χ1) is 12.8. The molecule has 6 atom stereocenters. The minimum atomic E-state index is -0.797. The van der Waals surface area contributed by atoms with Crippen LogP contribution in [0.2, 0.25) is 0 Å². The van der Waals surface area contributed by atoms with Gasteiger partial charge in [-0.15, -0.1) is 0 Å². The van der Waals surface area contributed by atoms with E-state index >= 15 is 0 Å². The number of carboxylic acids is 1. The second kappa shape index (κ2) is 12.1. The molecule has 0 aliphatic heterocycles. The van der Waals surface area contributed by atoms with Crippen LogP contribution in [-0.4, -0.2) is 39.3 Å². The first-order valence-corrected chi connectivity index (χ1v) is 10.2. The number of allylic oxidation sites excluding steroid dienone is 2. The number of carboxylic acid groups (broad SMARTS) is 1. The lowest BCUT2D eigenvalue weighted by Gasteiger charge is -2.19. The van der Waals surface area contributed by atoms with Gasteiger partial charge in [0, 0.05) is 18.3 Å². The summed E-state index contributed by atoms with van der Waals surface area (Å²) in [5.41, 5.74) is 0. The Kier molecular flexibility index (Phi) is 10.6. The number of carbonyl (C=O) groups is 2. The molecule has 0 bridgehead atoms. The number of aliphatic hydroxyl groups excluding tert-OH is 2. The van der Waals surface area contributed by atoms with Crippen molar-refractivity contribution in [2.24, 2.45) is 23.7 Å². The Labute approximate surface area is 163 Å². The van der Waals surface area contributed by atoms with Crippen LogP contribution in [0.3, 0.4) is 0 Å². The highest BCUT2D eigenvalue weighted by Crippen LogP contribution is 2.33. The first kappa shape index (κ1) is 23.6. The third-order valence-corrected chi connectivity index (χ3v) is 5.60. The summed E-state index contributed by atoms with van der Waals surface area (Å²) in [6.07, 6.45) is 11.2. The fourth-order valence-corrected chi connectivity index (χ4v) is 3.49. The average Bonchev–Trinajstić information content (AvgIpc) is 2.89. The smallest absolute Gasteiger partial charge is 0.306 e. The molecule has 0 spiro atoms. The van der Waals surface area contributed by atoms with Gasteiger partial charge in [0.05, 0.1) is 18.1 Å². The van der Waals surface area contributed by atoms with Crippen LogP contribution >= 0.6 is 0 Å². The summed E-state index contributed by atoms with van der Waals surface area (Å²) in [5, 5.41) is 29.4. The molecule has 1 rings (SSSR count). The van der Waals surface area contributed by atoms with Crippen molar-refractivity contribution in [1.29, 1.82) is 0 Å². The molecule has 5 nitrogen and oxygen atoms in total. The number of carbonyl (C=O) groups excluding carboxylic acids is 1. The van der Waals surface area contributed by atoms with Gasteiger partial charge in [-0.05, 0) is 31.6 Å². The van der Waals surface area contributed by atoms with Gasteiger partial charge in [0.1, 0.15) is 5.78 Å². The predicted molar refractivity (Wildman–Crippen MR) is 106 cm³/mol. The van der Waals surface area contributed by atoms with Gasteiger partial charge < -0.3 is 15.3 Å². The largest absolute Gasteiger partial charge is 0.481 e. The molecule has 0 aromatic rings. The van der Waals surface area contributed by atoms with Gasteiger partial charge in [0.2, 0.25) is 0 Å². The second-order valence-corrected chi connectivity index (χ2v) is 7.94. The van der Waals surface area contributed by atoms with Gasteiger partial charge in [-0.3, -0.25) is 9.59 Å². The van der Waals surface area contributed by atoms with Crippen LogP contribution < -0.4 is 0 Å². The van der Waals surface area contributed by atoms with E-state index in [-0.39, 0.29) is 35.9 Å². The average molecular weight is 381 g/mol. The van der Waals surface area contributed by atoms with Crippen LogP contribution in [-0.2, 0) is 9.59 Å². The number of rotatable bonds is 12. The third-order valence-electron chi connectivity index (χ3n) is 5.60. The highest BCUT2D eigenvalue weighted by atomic mass is 16.4. The predicted octanol–water partition coefficient (Wildman–Crippen LogP) is 3.74. The Morgan fingerprint density at radius 1 is 1.26 bits per heavy atom. The molecule has 1 unspecified atom stereocenters. The Morgan fingerprint density at radius 3 is 2.59 bits per heavy atom. The van der Waals surface area contributed by atoms with Crippen LogP contribution in [0.5, 0.6) is 0 Å². The van der Waals surface area contributed by atoms with Crippen molar-refractivity contribution in [2.45, 2.75) is 77.9 Å². The van der Waals surface area contributed by atoms with Crippen LogP contribution in [0.4, 0.5) is 0 Å². The van der Waals surface area contributed by atoms with Gasteiger partial charge in [-0.2, -0.15) is 0 Å². The minimum Gasteiger partial charge on any atom is -0.481 e. The van der Waals surface area contributed by atoms with E-state index in [1.807, 2.05) is 25.2 Å². The molecule has 154 valence electrons. The molecule has 0 amide bonds. The Hall–Kier alpha value is -1.46. The first-order valence-electron chi connectivity index (χ1n) is 10.2. The summed E-state index contributed by atoms with van der Waals surface area (Å²) in [6.45, 7) is 5.82. The SMILES string of the molecule is CCCC[C@@H](C)[C@H](O)C=C[C@H]1[C@H](O)CC(=O)[C@@H]1CC=CCCC(C)C(=O)O. The normalized spacial score (nSPS) is 26.7. The summed E-state index contributed by atoms with van der Waals surface area (Å²) in [7, 11) is 0. The molecule has 0 heterocycles. The molecule has 0 saturated heterocycles. The Bertz CT molecular complexity index is 525. The van der Waals surface area contributed by atoms with E-state index in [0.29, 0.717) is 19.3 Å². The van der Waals surface area contributed by atoms with Crippen molar-refractivity contribution in [3.8, 4) is 0 Å². The van der Waals surface area contributed by atoms with E-state index in [1.54, 1.807) is 13.0 Å². The van der Waals surface area contributed by atoms with Crippen molar-refractivity contribution in [1.82, 2.24) is 0 Å². The summed E-state index contributed by atoms with van der Waals surface area (Å²) >= 11 is 0. The van der Waals surface area contributed by atoms with Crippen molar-refractivity contribution in [3.05, 3.63) is 24.3 Å². The fraction of sp³-hybridized carbons (Fsp3) is 0.727. The van der Waals surface area contributed by atoms with E-state index in [4.69, 9.17) is 5.11 Å². The lowest BCUT2D eigenvalue weighted by atomic mass is 9.89. The monoisotopic (exact) mass is 380 g/mol. The highest BCUT2D eigenvalue weighted by molar-refractivity contribution is 5.84. The number of unbranched alkanes of at least 4 members (excludes halogenated alkanes) is 1. The standard InChI is InChI=1S/C22H36O5/c1-4-5-9-15(2)19(23)13-12-18-17(20(24)14-21(18)25)11-8-6-7-10-16(3)22(26)27/h6,8,12-13,15-19,21,23,25H,4-5,7,9-11,14H2,1-3H3,(H,26,27)/t15-,16?,17-,18-,19-,21-/m1/s1. The van der Waals surface area contributed by atoms with Crippen LogP contribution in [0, 0.1) is 23.7 Å². The van der Waals surface area contributed by atoms with E-state index in [9.17, 15) is 19.8 Å². The molecular weight excluding hydrogens is 344 g/mol. The molecule has 1 aliphatic carbocycles. The molecule has 1 aliphatic rings. The molecule has 1 saturated carbocycles. The van der Waals surface area contributed by atoms with Gasteiger partial charge in [0.25, 0.3) is 0 Å². The number of hydrogen-bond acceptors (Lipinski definition) is 4. The van der Waals surface area contributed by atoms with E-state index in [2.05, 4.69) is 6.92 Å². The number of hydrogen-bond donors (Lipinski definition) is 3. The lowest BCUT2D eigenvalue weighted by molar-refractivity contribution is -0.141. The molecule has 0 aromatic heterocycles. The molecular formula is C22H36O5. The maximum Gasteiger partial charge on any atom is 0.306 e. The number of aliphatic hydroxyl groups is 2. The number of Topliss-reactive ketones (excluding diaryl/α,β-unsaturated/α-hetero) is 1. The molecule has 5 heteroatoms. The van der Waals surface area contributed by atoms with Crippen molar-refractivity contribution in [2.75, 3.05) is 0 Å². The summed E-state index contributed by atoms with van der Waals surface area (Å²) in [5.74, 6) is -1.51. The van der Waals surface area contributed by atoms with Crippen LogP contribution in [0.15, 0.2) is 24.3 Å². The van der Waals surface area contributed by atoms with E-state index < -0.39 is 18.2 Å². The summed E-state index contributed by atoms with van der Waals surface area (Å²) in [6, 6.07) is 0. The topological polar surface area (TPSA) is 94.8 Å². The highest BCUT2D eigenvalue weighted by Gasteiger charge is 2.39. The maximum atomic E-state index is 12.2. The van der Waals surface area contributed by atoms with Crippen LogP contribution in [0.25, 0.3) is 0 Å². The molecule has 3 N–H and O–H groups in total. The third kappa shape index (κ3) is 7.97. The van der Waals surface area contributed by atoms with Gasteiger partial charge in [0.15, 0.2) is 0 Å². The van der Waals surface area contributed by atoms with E-state index in [1.165, 1.54) is 0 Å². The zero-order valence-corrected chi connectivity index (χ0v) is 16.9.